The van der Waals surface area contributed by atoms with Crippen LogP contribution in [0.25, 0.3) is 0 Å². The van der Waals surface area contributed by atoms with Crippen LogP contribution >= 0.6 is 0 Å². The van der Waals surface area contributed by atoms with Gasteiger partial charge in [-0.15, -0.1) is 0 Å². The highest BCUT2D eigenvalue weighted by Gasteiger charge is 2.16. The fourth-order valence-corrected chi connectivity index (χ4v) is 2.65. The van der Waals surface area contributed by atoms with Gasteiger partial charge in [0.05, 0.1) is 6.61 Å². The lowest BCUT2D eigenvalue weighted by molar-refractivity contribution is 0.146. The molecule has 20 heavy (non-hydrogen) atoms. The first-order valence-corrected chi connectivity index (χ1v) is 7.49. The zero-order chi connectivity index (χ0) is 14.2. The van der Waals surface area contributed by atoms with Gasteiger partial charge in [0.15, 0.2) is 0 Å². The standard InChI is InChI=1S/C16H26N2O2/c1-13(11-14-6-4-8-17-14)18-15-5-3-7-16(12-15)20-10-9-19-2/h3,5,7,12-14,17-18H,4,6,8-11H2,1-2H3. The van der Waals surface area contributed by atoms with Crippen molar-refractivity contribution in [3.8, 4) is 5.75 Å². The third kappa shape index (κ3) is 5.02. The lowest BCUT2D eigenvalue weighted by Crippen LogP contribution is -2.29. The molecule has 1 aromatic rings. The van der Waals surface area contributed by atoms with Crippen molar-refractivity contribution >= 4 is 5.69 Å². The van der Waals surface area contributed by atoms with E-state index in [1.807, 2.05) is 18.2 Å². The summed E-state index contributed by atoms with van der Waals surface area (Å²) >= 11 is 0. The van der Waals surface area contributed by atoms with Gasteiger partial charge < -0.3 is 20.1 Å². The Hall–Kier alpha value is -1.26. The Bertz CT molecular complexity index is 392. The van der Waals surface area contributed by atoms with E-state index in [0.29, 0.717) is 25.3 Å². The molecule has 0 aliphatic carbocycles. The molecular weight excluding hydrogens is 252 g/mol. The van der Waals surface area contributed by atoms with Gasteiger partial charge in [-0.2, -0.15) is 0 Å². The Morgan fingerprint density at radius 3 is 3.05 bits per heavy atom. The molecule has 4 nitrogen and oxygen atoms in total. The molecule has 0 radical (unpaired) electrons. The first kappa shape index (κ1) is 15.1. The maximum absolute atomic E-state index is 5.62. The third-order valence-corrected chi connectivity index (χ3v) is 3.60. The zero-order valence-corrected chi connectivity index (χ0v) is 12.5. The fourth-order valence-electron chi connectivity index (χ4n) is 2.65. The number of hydrogen-bond donors (Lipinski definition) is 2. The van der Waals surface area contributed by atoms with Gasteiger partial charge in [-0.1, -0.05) is 6.07 Å². The van der Waals surface area contributed by atoms with Crippen molar-refractivity contribution in [2.45, 2.75) is 38.3 Å². The van der Waals surface area contributed by atoms with E-state index in [2.05, 4.69) is 23.6 Å². The first-order valence-electron chi connectivity index (χ1n) is 7.49. The molecule has 0 spiro atoms. The van der Waals surface area contributed by atoms with Gasteiger partial charge in [0.1, 0.15) is 12.4 Å². The number of methoxy groups -OCH3 is 1. The molecule has 0 amide bonds. The lowest BCUT2D eigenvalue weighted by Gasteiger charge is -2.19. The number of ether oxygens (including phenoxy) is 2. The number of rotatable bonds is 8. The second-order valence-electron chi connectivity index (χ2n) is 5.44. The van der Waals surface area contributed by atoms with Crippen molar-refractivity contribution in [2.75, 3.05) is 32.2 Å². The minimum atomic E-state index is 0.458. The molecule has 0 aromatic heterocycles. The van der Waals surface area contributed by atoms with Crippen LogP contribution in [0.1, 0.15) is 26.2 Å². The second-order valence-corrected chi connectivity index (χ2v) is 5.44. The molecule has 0 saturated carbocycles. The van der Waals surface area contributed by atoms with Gasteiger partial charge in [0.2, 0.25) is 0 Å². The maximum atomic E-state index is 5.62. The number of nitrogens with one attached hydrogen (secondary N) is 2. The number of benzene rings is 1. The van der Waals surface area contributed by atoms with Crippen molar-refractivity contribution < 1.29 is 9.47 Å². The fraction of sp³-hybridized carbons (Fsp3) is 0.625. The van der Waals surface area contributed by atoms with Crippen LogP contribution in [0, 0.1) is 0 Å². The smallest absolute Gasteiger partial charge is 0.121 e. The van der Waals surface area contributed by atoms with E-state index in [4.69, 9.17) is 9.47 Å². The van der Waals surface area contributed by atoms with Crippen LogP contribution in [0.4, 0.5) is 5.69 Å². The molecule has 2 N–H and O–H groups in total. The quantitative estimate of drug-likeness (QED) is 0.717. The molecule has 1 saturated heterocycles. The van der Waals surface area contributed by atoms with E-state index in [1.165, 1.54) is 19.4 Å². The van der Waals surface area contributed by atoms with Crippen LogP contribution in [-0.2, 0) is 4.74 Å². The summed E-state index contributed by atoms with van der Waals surface area (Å²) in [4.78, 5) is 0. The first-order chi connectivity index (χ1) is 9.78. The maximum Gasteiger partial charge on any atom is 0.121 e. The Kier molecular flexibility index (Phi) is 6.15. The van der Waals surface area contributed by atoms with E-state index in [0.717, 1.165) is 17.9 Å². The summed E-state index contributed by atoms with van der Waals surface area (Å²) in [7, 11) is 1.68. The van der Waals surface area contributed by atoms with E-state index in [1.54, 1.807) is 7.11 Å². The molecule has 112 valence electrons. The Morgan fingerprint density at radius 2 is 2.30 bits per heavy atom. The summed E-state index contributed by atoms with van der Waals surface area (Å²) in [5, 5.41) is 7.09. The van der Waals surface area contributed by atoms with E-state index in [9.17, 15) is 0 Å². The third-order valence-electron chi connectivity index (χ3n) is 3.60. The van der Waals surface area contributed by atoms with Gasteiger partial charge in [-0.05, 0) is 44.9 Å². The summed E-state index contributed by atoms with van der Waals surface area (Å²) < 4.78 is 10.6. The van der Waals surface area contributed by atoms with Gasteiger partial charge >= 0.3 is 0 Å². The average molecular weight is 278 g/mol. The lowest BCUT2D eigenvalue weighted by atomic mass is 10.1. The van der Waals surface area contributed by atoms with Gasteiger partial charge in [-0.3, -0.25) is 0 Å². The SMILES string of the molecule is COCCOc1cccc(NC(C)CC2CCCN2)c1. The minimum absolute atomic E-state index is 0.458. The molecule has 1 fully saturated rings. The average Bonchev–Trinajstić information content (AvgIpc) is 2.92. The molecule has 2 unspecified atom stereocenters. The highest BCUT2D eigenvalue weighted by Crippen LogP contribution is 2.20. The molecule has 1 aliphatic heterocycles. The monoisotopic (exact) mass is 278 g/mol. The molecule has 1 heterocycles. The van der Waals surface area contributed by atoms with Gasteiger partial charge in [0, 0.05) is 30.9 Å². The number of hydrogen-bond acceptors (Lipinski definition) is 4. The van der Waals surface area contributed by atoms with Crippen molar-refractivity contribution in [3.63, 3.8) is 0 Å². The normalized spacial score (nSPS) is 19.8. The highest BCUT2D eigenvalue weighted by molar-refractivity contribution is 5.48. The molecule has 2 rings (SSSR count). The van der Waals surface area contributed by atoms with Crippen LogP contribution < -0.4 is 15.4 Å². The summed E-state index contributed by atoms with van der Waals surface area (Å²) in [5.74, 6) is 0.887. The van der Waals surface area contributed by atoms with Crippen LogP contribution in [0.5, 0.6) is 5.75 Å². The van der Waals surface area contributed by atoms with E-state index < -0.39 is 0 Å². The minimum Gasteiger partial charge on any atom is -0.491 e. The highest BCUT2D eigenvalue weighted by atomic mass is 16.5. The van der Waals surface area contributed by atoms with Crippen molar-refractivity contribution in [3.05, 3.63) is 24.3 Å². The Morgan fingerprint density at radius 1 is 1.40 bits per heavy atom. The summed E-state index contributed by atoms with van der Waals surface area (Å²) in [6.45, 7) is 4.60. The van der Waals surface area contributed by atoms with Crippen molar-refractivity contribution in [1.82, 2.24) is 5.32 Å². The topological polar surface area (TPSA) is 42.5 Å². The van der Waals surface area contributed by atoms with Crippen LogP contribution in [0.3, 0.4) is 0 Å². The van der Waals surface area contributed by atoms with Crippen molar-refractivity contribution in [2.24, 2.45) is 0 Å². The van der Waals surface area contributed by atoms with Crippen LogP contribution in [-0.4, -0.2) is 39.0 Å². The predicted octanol–water partition coefficient (Wildman–Crippen LogP) is 2.65. The number of anilines is 1. The molecule has 2 atom stereocenters. The van der Waals surface area contributed by atoms with Crippen LogP contribution in [0.15, 0.2) is 24.3 Å². The Labute approximate surface area is 121 Å². The largest absolute Gasteiger partial charge is 0.491 e. The summed E-state index contributed by atoms with van der Waals surface area (Å²) in [6, 6.07) is 9.25. The Balaban J connectivity index is 1.80. The zero-order valence-electron chi connectivity index (χ0n) is 12.5. The van der Waals surface area contributed by atoms with E-state index in [-0.39, 0.29) is 0 Å². The van der Waals surface area contributed by atoms with Crippen LogP contribution in [0.2, 0.25) is 0 Å². The molecule has 4 heteroatoms. The molecular formula is C16H26N2O2. The second kappa shape index (κ2) is 8.12. The summed E-state index contributed by atoms with van der Waals surface area (Å²) in [6.07, 6.45) is 3.77. The van der Waals surface area contributed by atoms with Gasteiger partial charge in [0.25, 0.3) is 0 Å². The molecule has 1 aromatic carbocycles. The predicted molar refractivity (Wildman–Crippen MR) is 82.5 cm³/mol. The molecule has 1 aliphatic rings. The van der Waals surface area contributed by atoms with Crippen molar-refractivity contribution in [1.29, 1.82) is 0 Å². The van der Waals surface area contributed by atoms with Gasteiger partial charge in [-0.25, -0.2) is 0 Å². The summed E-state index contributed by atoms with van der Waals surface area (Å²) in [5.41, 5.74) is 1.12. The molecule has 0 bridgehead atoms. The van der Waals surface area contributed by atoms with E-state index >= 15 is 0 Å².